The van der Waals surface area contributed by atoms with Crippen molar-refractivity contribution in [1.29, 1.82) is 0 Å². The first-order chi connectivity index (χ1) is 21.9. The van der Waals surface area contributed by atoms with E-state index in [1.165, 1.54) is 0 Å². The zero-order valence-corrected chi connectivity index (χ0v) is 15.5. The van der Waals surface area contributed by atoms with Crippen LogP contribution in [0.4, 0.5) is 0 Å². The van der Waals surface area contributed by atoms with E-state index >= 15 is 0 Å². The largest absolute Gasteiger partial charge is 0.455 e. The second kappa shape index (κ2) is 6.76. The molecule has 0 aromatic heterocycles. The zero-order chi connectivity index (χ0) is 34.9. The molecule has 0 fully saturated rings. The van der Waals surface area contributed by atoms with Gasteiger partial charge in [-0.05, 0) is 57.7 Å². The summed E-state index contributed by atoms with van der Waals surface area (Å²) in [6.07, 6.45) is 0. The average molecular weight is 422 g/mol. The Morgan fingerprint density at radius 2 is 1.23 bits per heavy atom. The molecule has 0 spiro atoms. The average Bonchev–Trinajstić information content (AvgIpc) is 3.20. The van der Waals surface area contributed by atoms with E-state index in [4.69, 9.17) is 36.9 Å². The van der Waals surface area contributed by atoms with E-state index in [1.807, 2.05) is 0 Å². The molecular formula is C28H17ClO. The van der Waals surface area contributed by atoms with E-state index in [1.54, 1.807) is 0 Å². The summed E-state index contributed by atoms with van der Waals surface area (Å²) < 4.78 is 152. The van der Waals surface area contributed by atoms with E-state index in [0.717, 1.165) is 0 Å². The van der Waals surface area contributed by atoms with Gasteiger partial charge < -0.3 is 4.74 Å². The van der Waals surface area contributed by atoms with Gasteiger partial charge in [-0.1, -0.05) is 84.1 Å². The Morgan fingerprint density at radius 3 is 2.00 bits per heavy atom. The van der Waals surface area contributed by atoms with E-state index in [9.17, 15) is 2.74 Å². The molecule has 142 valence electrons. The predicted octanol–water partition coefficient (Wildman–Crippen LogP) is 8.60. The second-order valence-corrected chi connectivity index (χ2v) is 6.58. The fourth-order valence-electron chi connectivity index (χ4n) is 3.20. The van der Waals surface area contributed by atoms with Crippen molar-refractivity contribution >= 4 is 22.4 Å². The third-order valence-electron chi connectivity index (χ3n) is 4.47. The summed E-state index contributed by atoms with van der Waals surface area (Å²) in [5, 5.41) is -1.50. The monoisotopic (exact) mass is 421 g/mol. The maximum Gasteiger partial charge on any atom is 0.143 e. The van der Waals surface area contributed by atoms with Gasteiger partial charge in [-0.3, -0.25) is 0 Å². The molecule has 0 saturated carbocycles. The SMILES string of the molecule is [2H]c1c([2H])c([2H])c(-c2c([2H])c([2H])c([2H])c3c2Oc2c([2H])c([2H])c(Cl)c([2H])c2-c2c-3c([2H])c3c([2H])c([2H])c([2H])c([2H])c3c2[2H])c([2H])c1[2H]. The summed E-state index contributed by atoms with van der Waals surface area (Å²) in [5.74, 6) is -1.32. The van der Waals surface area contributed by atoms with Crippen molar-refractivity contribution in [3.8, 4) is 44.9 Å². The minimum absolute atomic E-state index is 0.452. The van der Waals surface area contributed by atoms with Gasteiger partial charge in [0.15, 0.2) is 0 Å². The van der Waals surface area contributed by atoms with Crippen LogP contribution in [0.15, 0.2) is 103 Å². The number of fused-ring (bicyclic) bond motifs is 6. The third-order valence-corrected chi connectivity index (χ3v) is 4.66. The predicted molar refractivity (Wildman–Crippen MR) is 125 cm³/mol. The lowest BCUT2D eigenvalue weighted by molar-refractivity contribution is 0.489. The fraction of sp³-hybridized carbons (Fsp3) is 0. The molecule has 0 saturated heterocycles. The van der Waals surface area contributed by atoms with E-state index in [-0.39, 0.29) is 0 Å². The van der Waals surface area contributed by atoms with Crippen molar-refractivity contribution in [3.05, 3.63) is 108 Å². The van der Waals surface area contributed by atoms with Gasteiger partial charge in [-0.2, -0.15) is 0 Å². The number of hydrogen-bond acceptors (Lipinski definition) is 1. The highest BCUT2D eigenvalue weighted by Gasteiger charge is 2.24. The van der Waals surface area contributed by atoms with Crippen LogP contribution in [0, 0.1) is 0 Å². The Bertz CT molecular complexity index is 2290. The van der Waals surface area contributed by atoms with Crippen LogP contribution in [-0.4, -0.2) is 0 Å². The summed E-state index contributed by atoms with van der Waals surface area (Å²) >= 11 is 6.28. The Kier molecular flexibility index (Phi) is 1.64. The van der Waals surface area contributed by atoms with Crippen molar-refractivity contribution in [2.24, 2.45) is 0 Å². The Hall–Kier alpha value is -3.55. The normalized spacial score (nSPS) is 19.7. The van der Waals surface area contributed by atoms with Crippen molar-refractivity contribution in [1.82, 2.24) is 0 Å². The molecule has 0 unspecified atom stereocenters. The lowest BCUT2D eigenvalue weighted by Gasteiger charge is -2.14. The number of halogens is 1. The summed E-state index contributed by atoms with van der Waals surface area (Å²) in [4.78, 5) is 0. The van der Waals surface area contributed by atoms with E-state index < -0.39 is 163 Å². The van der Waals surface area contributed by atoms with Gasteiger partial charge in [0, 0.05) is 21.7 Å². The van der Waals surface area contributed by atoms with Gasteiger partial charge in [0.25, 0.3) is 0 Å². The molecule has 0 amide bonds. The Labute approximate surface area is 204 Å². The van der Waals surface area contributed by atoms with E-state index in [0.29, 0.717) is 0 Å². The maximum absolute atomic E-state index is 9.27. The first-order valence-corrected chi connectivity index (χ1v) is 8.98. The molecule has 0 N–H and O–H groups in total. The number of ether oxygens (including phenoxy) is 1. The van der Waals surface area contributed by atoms with Gasteiger partial charge in [0.2, 0.25) is 0 Å². The lowest BCUT2D eigenvalue weighted by atomic mass is 9.90. The highest BCUT2D eigenvalue weighted by atomic mass is 35.5. The highest BCUT2D eigenvalue weighted by molar-refractivity contribution is 6.31. The molecule has 0 bridgehead atoms. The third kappa shape index (κ3) is 2.71. The molecule has 30 heavy (non-hydrogen) atoms. The van der Waals surface area contributed by atoms with Crippen LogP contribution in [0.5, 0.6) is 11.5 Å². The lowest BCUT2D eigenvalue weighted by Crippen LogP contribution is -1.90. The first-order valence-electron chi connectivity index (χ1n) is 17.1. The van der Waals surface area contributed by atoms with Gasteiger partial charge in [-0.15, -0.1) is 0 Å². The highest BCUT2D eigenvalue weighted by Crippen LogP contribution is 2.51. The smallest absolute Gasteiger partial charge is 0.143 e. The number of hydrogen-bond donors (Lipinski definition) is 0. The number of benzene rings is 5. The Balaban J connectivity index is 2.01. The molecule has 0 radical (unpaired) electrons. The quantitative estimate of drug-likeness (QED) is 0.258. The molecule has 2 heteroatoms. The maximum atomic E-state index is 9.27. The summed E-state index contributed by atoms with van der Waals surface area (Å²) in [7, 11) is 0. The van der Waals surface area contributed by atoms with Crippen LogP contribution in [0.3, 0.4) is 0 Å². The van der Waals surface area contributed by atoms with Crippen LogP contribution in [-0.2, 0) is 0 Å². The van der Waals surface area contributed by atoms with Crippen LogP contribution < -0.4 is 4.74 Å². The number of rotatable bonds is 1. The fourth-order valence-corrected chi connectivity index (χ4v) is 3.34. The van der Waals surface area contributed by atoms with Crippen LogP contribution in [0.1, 0.15) is 23.3 Å². The van der Waals surface area contributed by atoms with Crippen LogP contribution >= 0.6 is 11.6 Å². The second-order valence-electron chi connectivity index (χ2n) is 6.20. The van der Waals surface area contributed by atoms with Gasteiger partial charge in [0.1, 0.15) is 11.5 Å². The zero-order valence-electron chi connectivity index (χ0n) is 31.8. The van der Waals surface area contributed by atoms with Crippen molar-refractivity contribution in [3.63, 3.8) is 0 Å². The first kappa shape index (κ1) is 7.30. The molecule has 0 atom stereocenters. The standard InChI is InChI=1S/C28H17ClO/c29-21-13-14-27-26(17-21)25-16-20-10-5-4-9-19(20)15-24(25)23-12-6-11-22(28(23)30-27)18-7-2-1-3-8-18/h1-17H/i1D,2D,3D,4D,5D,6D,7D,8D,9D,10D,11D,12D,13D,14D,15D,16D,17D. The molecule has 1 aliphatic heterocycles. The van der Waals surface area contributed by atoms with E-state index in [2.05, 4.69) is 0 Å². The van der Waals surface area contributed by atoms with Crippen LogP contribution in [0.2, 0.25) is 5.02 Å². The van der Waals surface area contributed by atoms with Crippen molar-refractivity contribution < 1.29 is 28.0 Å². The summed E-state index contributed by atoms with van der Waals surface area (Å²) in [6.45, 7) is 0. The molecular weight excluding hydrogens is 388 g/mol. The molecule has 6 rings (SSSR count). The van der Waals surface area contributed by atoms with Gasteiger partial charge in [0.05, 0.1) is 23.3 Å². The topological polar surface area (TPSA) is 9.23 Å². The molecule has 1 nitrogen and oxygen atoms in total. The van der Waals surface area contributed by atoms with Gasteiger partial charge in [-0.25, -0.2) is 0 Å². The molecule has 0 aliphatic carbocycles. The minimum Gasteiger partial charge on any atom is -0.455 e. The number of para-hydroxylation sites is 1. The molecule has 5 aromatic carbocycles. The molecule has 1 heterocycles. The molecule has 1 aliphatic rings. The van der Waals surface area contributed by atoms with Gasteiger partial charge >= 0.3 is 0 Å². The van der Waals surface area contributed by atoms with Crippen LogP contribution in [0.25, 0.3) is 44.2 Å². The minimum atomic E-state index is -0.858. The Morgan fingerprint density at radius 1 is 0.567 bits per heavy atom. The van der Waals surface area contributed by atoms with Crippen molar-refractivity contribution in [2.45, 2.75) is 0 Å². The van der Waals surface area contributed by atoms with Crippen molar-refractivity contribution in [2.75, 3.05) is 0 Å². The molecule has 5 aromatic rings. The summed E-state index contributed by atoms with van der Waals surface area (Å²) in [5.41, 5.74) is -3.22. The summed E-state index contributed by atoms with van der Waals surface area (Å²) in [6, 6.07) is -13.0.